The second kappa shape index (κ2) is 12.7. The second-order valence-electron chi connectivity index (χ2n) is 9.92. The van der Waals surface area contributed by atoms with E-state index >= 15 is 0 Å². The third-order valence-electron chi connectivity index (χ3n) is 6.96. The number of carboxylic acids is 2. The van der Waals surface area contributed by atoms with E-state index in [1.54, 1.807) is 0 Å². The van der Waals surface area contributed by atoms with E-state index in [1.807, 2.05) is 0 Å². The molecule has 0 bridgehead atoms. The zero-order valence-corrected chi connectivity index (χ0v) is 20.8. The molecule has 3 fully saturated rings. The average molecular weight is 590 g/mol. The molecular formula is C21H35NO18. The molecule has 3 aliphatic heterocycles. The number of aliphatic carboxylic acids is 2. The van der Waals surface area contributed by atoms with Crippen molar-refractivity contribution >= 4 is 11.9 Å². The van der Waals surface area contributed by atoms with Gasteiger partial charge in [-0.3, -0.25) is 0 Å². The first-order valence-corrected chi connectivity index (χ1v) is 12.2. The molecule has 232 valence electrons. The van der Waals surface area contributed by atoms with Crippen molar-refractivity contribution < 1.29 is 89.4 Å². The lowest BCUT2D eigenvalue weighted by Gasteiger charge is -2.48. The van der Waals surface area contributed by atoms with E-state index in [0.29, 0.717) is 0 Å². The van der Waals surface area contributed by atoms with Crippen molar-refractivity contribution in [2.75, 3.05) is 19.8 Å². The molecule has 3 heterocycles. The van der Waals surface area contributed by atoms with Crippen molar-refractivity contribution in [1.29, 1.82) is 0 Å². The lowest BCUT2D eigenvalue weighted by molar-refractivity contribution is -0.370. The lowest BCUT2D eigenvalue weighted by Crippen LogP contribution is -2.67. The maximum atomic E-state index is 12.2. The summed E-state index contributed by atoms with van der Waals surface area (Å²) in [7, 11) is 0. The first-order valence-electron chi connectivity index (χ1n) is 12.2. The largest absolute Gasteiger partial charge is 0.477 e. The number of nitrogens with two attached hydrogens (primary N) is 1. The summed E-state index contributed by atoms with van der Waals surface area (Å²) in [6.07, 6.45) is -22.5. The number of carbonyl (C=O) groups is 2. The SMILES string of the molecule is N[C@H]1CO[C@H](OC[C@@H](O)[C@H]2O[C@@](O)(C(=O)O)C[C@@H](O[C@]3(C(=O)O)C[C@@H](O)[C@@H](O)[C@@H]([C@H](O)CO)O3)[C@H]2O)[C@H](O)[C@H]1O. The summed E-state index contributed by atoms with van der Waals surface area (Å²) in [4.78, 5) is 24.0. The standard InChI is InChI=1S/C21H35NO18/c22-6-4-36-17(14(30)11(6)27)37-5-9(26)16-13(29)10(2-20(35,39-16)18(31)32)38-21(19(33)34)1-7(24)12(28)15(40-21)8(25)3-23/h6-17,23-30,35H,1-5,22H2,(H,31,32)(H,33,34)/t6-,7+,8+,9+,10+,11-,12+,13+,14+,15+,16+,17+,20+,21+/m0/s1. The Bertz CT molecular complexity index is 896. The van der Waals surface area contributed by atoms with Gasteiger partial charge in [0.25, 0.3) is 11.6 Å². The summed E-state index contributed by atoms with van der Waals surface area (Å²) in [6, 6.07) is -0.937. The molecule has 0 aromatic carbocycles. The highest BCUT2D eigenvalue weighted by atomic mass is 16.7. The zero-order valence-electron chi connectivity index (χ0n) is 20.8. The highest BCUT2D eigenvalue weighted by Crippen LogP contribution is 2.39. The number of aliphatic hydroxyl groups is 9. The molecule has 0 aromatic heterocycles. The minimum absolute atomic E-state index is 0.236. The molecule has 14 atom stereocenters. The molecule has 0 amide bonds. The molecule has 0 unspecified atom stereocenters. The van der Waals surface area contributed by atoms with Crippen LogP contribution in [0, 0.1) is 0 Å². The molecule has 3 aliphatic rings. The maximum Gasteiger partial charge on any atom is 0.364 e. The Morgan fingerprint density at radius 2 is 1.52 bits per heavy atom. The Morgan fingerprint density at radius 1 is 0.900 bits per heavy atom. The van der Waals surface area contributed by atoms with Crippen LogP contribution in [0.5, 0.6) is 0 Å². The molecule has 3 rings (SSSR count). The Balaban J connectivity index is 1.83. The van der Waals surface area contributed by atoms with Crippen molar-refractivity contribution in [3.05, 3.63) is 0 Å². The van der Waals surface area contributed by atoms with Crippen molar-refractivity contribution in [3.8, 4) is 0 Å². The highest BCUT2D eigenvalue weighted by Gasteiger charge is 2.60. The number of aliphatic hydroxyl groups excluding tert-OH is 8. The predicted octanol–water partition coefficient (Wildman–Crippen LogP) is -7.28. The average Bonchev–Trinajstić information content (AvgIpc) is 2.89. The summed E-state index contributed by atoms with van der Waals surface area (Å²) in [6.45, 7) is -2.11. The highest BCUT2D eigenvalue weighted by molar-refractivity contribution is 5.76. The van der Waals surface area contributed by atoms with Crippen LogP contribution in [0.15, 0.2) is 0 Å². The number of carboxylic acid groups (broad SMARTS) is 2. The molecule has 0 spiro atoms. The van der Waals surface area contributed by atoms with Crippen molar-refractivity contribution in [2.45, 2.75) is 97.8 Å². The van der Waals surface area contributed by atoms with Crippen LogP contribution in [0.1, 0.15) is 12.8 Å². The van der Waals surface area contributed by atoms with Crippen LogP contribution in [0.25, 0.3) is 0 Å². The van der Waals surface area contributed by atoms with Gasteiger partial charge >= 0.3 is 11.9 Å². The normalized spacial score (nSPS) is 46.0. The van der Waals surface area contributed by atoms with Gasteiger partial charge in [-0.05, 0) is 0 Å². The van der Waals surface area contributed by atoms with E-state index in [4.69, 9.17) is 29.4 Å². The minimum atomic E-state index is -3.17. The zero-order chi connectivity index (χ0) is 30.2. The molecule has 0 aromatic rings. The monoisotopic (exact) mass is 589 g/mol. The van der Waals surface area contributed by atoms with Gasteiger partial charge in [-0.1, -0.05) is 0 Å². The number of hydrogen-bond donors (Lipinski definition) is 12. The molecule has 19 heteroatoms. The van der Waals surface area contributed by atoms with E-state index in [-0.39, 0.29) is 6.61 Å². The Morgan fingerprint density at radius 3 is 2.10 bits per heavy atom. The van der Waals surface area contributed by atoms with Gasteiger partial charge in [0.15, 0.2) is 6.29 Å². The molecular weight excluding hydrogens is 554 g/mol. The van der Waals surface area contributed by atoms with E-state index in [2.05, 4.69) is 0 Å². The summed E-state index contributed by atoms with van der Waals surface area (Å²) in [5.41, 5.74) is 5.56. The van der Waals surface area contributed by atoms with Gasteiger partial charge in [0.2, 0.25) is 0 Å². The summed E-state index contributed by atoms with van der Waals surface area (Å²) in [5, 5.41) is 111. The number of ether oxygens (including phenoxy) is 5. The fraction of sp³-hybridized carbons (Fsp3) is 0.905. The van der Waals surface area contributed by atoms with Crippen molar-refractivity contribution in [2.24, 2.45) is 5.73 Å². The van der Waals surface area contributed by atoms with E-state index in [1.165, 1.54) is 0 Å². The third kappa shape index (κ3) is 6.53. The molecule has 13 N–H and O–H groups in total. The van der Waals surface area contributed by atoms with E-state index in [0.717, 1.165) is 0 Å². The van der Waals surface area contributed by atoms with Crippen LogP contribution >= 0.6 is 0 Å². The quantitative estimate of drug-likeness (QED) is 0.112. The predicted molar refractivity (Wildman–Crippen MR) is 120 cm³/mol. The van der Waals surface area contributed by atoms with Crippen LogP contribution in [0.2, 0.25) is 0 Å². The Kier molecular flexibility index (Phi) is 10.4. The van der Waals surface area contributed by atoms with E-state index < -0.39 is 123 Å². The van der Waals surface area contributed by atoms with Crippen LogP contribution in [-0.4, -0.2) is 173 Å². The van der Waals surface area contributed by atoms with E-state index in [9.17, 15) is 65.8 Å². The molecule has 0 saturated carbocycles. The minimum Gasteiger partial charge on any atom is -0.477 e. The molecule has 19 nitrogen and oxygen atoms in total. The third-order valence-corrected chi connectivity index (χ3v) is 6.96. The van der Waals surface area contributed by atoms with Crippen LogP contribution in [0.3, 0.4) is 0 Å². The molecule has 3 saturated heterocycles. The number of rotatable bonds is 10. The molecule has 0 radical (unpaired) electrons. The van der Waals surface area contributed by atoms with Gasteiger partial charge in [0, 0.05) is 12.8 Å². The van der Waals surface area contributed by atoms with Crippen LogP contribution in [-0.2, 0) is 33.3 Å². The van der Waals surface area contributed by atoms with Gasteiger partial charge in [-0.2, -0.15) is 0 Å². The smallest absolute Gasteiger partial charge is 0.364 e. The van der Waals surface area contributed by atoms with Gasteiger partial charge in [0.1, 0.15) is 48.8 Å². The lowest BCUT2D eigenvalue weighted by atomic mass is 9.90. The summed E-state index contributed by atoms with van der Waals surface area (Å²) < 4.78 is 26.0. The number of hydrogen-bond acceptors (Lipinski definition) is 17. The van der Waals surface area contributed by atoms with Gasteiger partial charge < -0.3 is 85.6 Å². The summed E-state index contributed by atoms with van der Waals surface area (Å²) >= 11 is 0. The summed E-state index contributed by atoms with van der Waals surface area (Å²) in [5.74, 6) is -10.1. The first-order chi connectivity index (χ1) is 18.6. The Hall–Kier alpha value is -1.66. The van der Waals surface area contributed by atoms with Crippen LogP contribution in [0.4, 0.5) is 0 Å². The van der Waals surface area contributed by atoms with Gasteiger partial charge in [-0.15, -0.1) is 0 Å². The van der Waals surface area contributed by atoms with Gasteiger partial charge in [-0.25, -0.2) is 9.59 Å². The Labute approximate surface area is 225 Å². The molecule has 40 heavy (non-hydrogen) atoms. The fourth-order valence-corrected chi connectivity index (χ4v) is 4.63. The van der Waals surface area contributed by atoms with Crippen molar-refractivity contribution in [1.82, 2.24) is 0 Å². The van der Waals surface area contributed by atoms with Gasteiger partial charge in [0.05, 0.1) is 38.1 Å². The molecule has 0 aliphatic carbocycles. The van der Waals surface area contributed by atoms with Crippen LogP contribution < -0.4 is 5.73 Å². The fourth-order valence-electron chi connectivity index (χ4n) is 4.63. The topological polar surface area (TPSA) is 329 Å². The maximum absolute atomic E-state index is 12.2. The second-order valence-corrected chi connectivity index (χ2v) is 9.92. The first kappa shape index (κ1) is 32.8. The van der Waals surface area contributed by atoms with Crippen molar-refractivity contribution in [3.63, 3.8) is 0 Å².